The Morgan fingerprint density at radius 2 is 1.93 bits per heavy atom. The zero-order valence-corrected chi connectivity index (χ0v) is 22.9. The second-order valence-electron chi connectivity index (χ2n) is 9.51. The molecule has 7 nitrogen and oxygen atoms in total. The standard InChI is InChI=1S/C30H25ClF3N5O2/c1-17-14-20(26-10-9-25(18(2)35)38(26)3)19-6-4-8-27(28(19)37-17)41-16-21-23(31)11-12-36-24(21)15-39-13-5-7-22(29(39)40)30(32,33)34/h4-14H,2,15-16,35H2,1,3H3. The summed E-state index contributed by atoms with van der Waals surface area (Å²) in [6, 6.07) is 14.9. The summed E-state index contributed by atoms with van der Waals surface area (Å²) in [6.45, 7) is 5.45. The number of benzene rings is 1. The van der Waals surface area contributed by atoms with Crippen LogP contribution in [-0.2, 0) is 26.4 Å². The number of para-hydroxylation sites is 1. The normalized spacial score (nSPS) is 11.7. The van der Waals surface area contributed by atoms with E-state index in [4.69, 9.17) is 27.1 Å². The van der Waals surface area contributed by atoms with Crippen LogP contribution in [0.1, 0.15) is 28.2 Å². The Morgan fingerprint density at radius 3 is 2.63 bits per heavy atom. The van der Waals surface area contributed by atoms with Crippen LogP contribution in [0, 0.1) is 6.92 Å². The van der Waals surface area contributed by atoms with Gasteiger partial charge in [0.1, 0.15) is 23.4 Å². The Balaban J connectivity index is 1.51. The molecule has 5 rings (SSSR count). The summed E-state index contributed by atoms with van der Waals surface area (Å²) >= 11 is 6.48. The van der Waals surface area contributed by atoms with E-state index in [1.165, 1.54) is 18.5 Å². The molecule has 5 aromatic rings. The topological polar surface area (TPSA) is 88.0 Å². The number of halogens is 4. The maximum absolute atomic E-state index is 13.3. The van der Waals surface area contributed by atoms with Crippen LogP contribution in [0.25, 0.3) is 27.9 Å². The number of aromatic nitrogens is 4. The molecule has 2 N–H and O–H groups in total. The monoisotopic (exact) mass is 579 g/mol. The van der Waals surface area contributed by atoms with Gasteiger partial charge in [-0.15, -0.1) is 0 Å². The molecule has 41 heavy (non-hydrogen) atoms. The highest BCUT2D eigenvalue weighted by Gasteiger charge is 2.34. The zero-order valence-electron chi connectivity index (χ0n) is 22.2. The molecule has 0 saturated carbocycles. The Hall–Kier alpha value is -4.57. The third-order valence-electron chi connectivity index (χ3n) is 6.76. The molecular weight excluding hydrogens is 555 g/mol. The molecular formula is C30H25ClF3N5O2. The van der Waals surface area contributed by atoms with Gasteiger partial charge in [-0.1, -0.05) is 30.3 Å². The molecule has 210 valence electrons. The van der Waals surface area contributed by atoms with E-state index in [-0.39, 0.29) is 13.2 Å². The first-order chi connectivity index (χ1) is 19.5. The fraction of sp³-hybridized carbons (Fsp3) is 0.167. The first-order valence-electron chi connectivity index (χ1n) is 12.5. The molecule has 0 unspecified atom stereocenters. The van der Waals surface area contributed by atoms with Crippen molar-refractivity contribution in [3.63, 3.8) is 0 Å². The zero-order chi connectivity index (χ0) is 29.5. The van der Waals surface area contributed by atoms with Gasteiger partial charge in [0.15, 0.2) is 0 Å². The number of aryl methyl sites for hydroxylation is 1. The number of rotatable bonds is 7. The van der Waals surface area contributed by atoms with Gasteiger partial charge in [-0.2, -0.15) is 13.2 Å². The first kappa shape index (κ1) is 28.0. The van der Waals surface area contributed by atoms with Gasteiger partial charge in [0.2, 0.25) is 0 Å². The van der Waals surface area contributed by atoms with E-state index in [0.717, 1.165) is 38.7 Å². The van der Waals surface area contributed by atoms with Crippen LogP contribution in [0.4, 0.5) is 13.2 Å². The fourth-order valence-electron chi connectivity index (χ4n) is 4.77. The van der Waals surface area contributed by atoms with Crippen molar-refractivity contribution in [2.24, 2.45) is 12.8 Å². The van der Waals surface area contributed by atoms with E-state index >= 15 is 0 Å². The van der Waals surface area contributed by atoms with Gasteiger partial charge < -0.3 is 19.6 Å². The van der Waals surface area contributed by atoms with Gasteiger partial charge >= 0.3 is 6.18 Å². The summed E-state index contributed by atoms with van der Waals surface area (Å²) in [7, 11) is 1.91. The Bertz CT molecular complexity index is 1860. The minimum atomic E-state index is -4.77. The van der Waals surface area contributed by atoms with E-state index in [1.807, 2.05) is 48.9 Å². The molecule has 0 aliphatic heterocycles. The average Bonchev–Trinajstić information content (AvgIpc) is 3.29. The minimum absolute atomic E-state index is 0.0545. The SMILES string of the molecule is C=C(N)c1ccc(-c2cc(C)nc3c(OCc4c(Cl)ccnc4Cn4cccc(C(F)(F)F)c4=O)cccc23)n1C. The fourth-order valence-corrected chi connectivity index (χ4v) is 4.99. The van der Waals surface area contributed by atoms with Gasteiger partial charge in [-0.3, -0.25) is 9.78 Å². The third-order valence-corrected chi connectivity index (χ3v) is 7.12. The number of pyridine rings is 3. The predicted octanol–water partition coefficient (Wildman–Crippen LogP) is 6.33. The lowest BCUT2D eigenvalue weighted by atomic mass is 10.0. The number of nitrogens with zero attached hydrogens (tertiary/aromatic N) is 4. The summed E-state index contributed by atoms with van der Waals surface area (Å²) < 4.78 is 49.0. The summed E-state index contributed by atoms with van der Waals surface area (Å²) in [4.78, 5) is 21.5. The van der Waals surface area contributed by atoms with Crippen molar-refractivity contribution in [3.8, 4) is 17.0 Å². The predicted molar refractivity (Wildman–Crippen MR) is 152 cm³/mol. The van der Waals surface area contributed by atoms with Crippen LogP contribution in [-0.4, -0.2) is 19.1 Å². The van der Waals surface area contributed by atoms with Crippen LogP contribution in [0.3, 0.4) is 0 Å². The second kappa shape index (κ2) is 10.8. The first-order valence-corrected chi connectivity index (χ1v) is 12.9. The Morgan fingerprint density at radius 1 is 1.15 bits per heavy atom. The highest BCUT2D eigenvalue weighted by molar-refractivity contribution is 6.31. The van der Waals surface area contributed by atoms with Crippen molar-refractivity contribution in [1.29, 1.82) is 0 Å². The van der Waals surface area contributed by atoms with Crippen molar-refractivity contribution in [3.05, 3.63) is 117 Å². The van der Waals surface area contributed by atoms with E-state index < -0.39 is 17.3 Å². The van der Waals surface area contributed by atoms with Crippen molar-refractivity contribution < 1.29 is 17.9 Å². The highest BCUT2D eigenvalue weighted by atomic mass is 35.5. The molecule has 4 heterocycles. The molecule has 0 amide bonds. The molecule has 1 aromatic carbocycles. The van der Waals surface area contributed by atoms with Crippen molar-refractivity contribution in [2.75, 3.05) is 0 Å². The Labute approximate surface area is 238 Å². The molecule has 0 bridgehead atoms. The van der Waals surface area contributed by atoms with Crippen molar-refractivity contribution >= 4 is 28.2 Å². The van der Waals surface area contributed by atoms with E-state index in [9.17, 15) is 18.0 Å². The number of hydrogen-bond donors (Lipinski definition) is 1. The second-order valence-corrected chi connectivity index (χ2v) is 9.92. The maximum atomic E-state index is 13.3. The van der Waals surface area contributed by atoms with Crippen LogP contribution < -0.4 is 16.0 Å². The minimum Gasteiger partial charge on any atom is -0.486 e. The molecule has 0 fully saturated rings. The van der Waals surface area contributed by atoms with E-state index in [0.29, 0.717) is 33.2 Å². The number of hydrogen-bond acceptors (Lipinski definition) is 5. The van der Waals surface area contributed by atoms with Crippen molar-refractivity contribution in [1.82, 2.24) is 19.1 Å². The number of fused-ring (bicyclic) bond motifs is 1. The lowest BCUT2D eigenvalue weighted by molar-refractivity contribution is -0.138. The van der Waals surface area contributed by atoms with Crippen molar-refractivity contribution in [2.45, 2.75) is 26.3 Å². The largest absolute Gasteiger partial charge is 0.486 e. The lowest BCUT2D eigenvalue weighted by Gasteiger charge is -2.16. The third kappa shape index (κ3) is 5.43. The van der Waals surface area contributed by atoms with Crippen LogP contribution in [0.5, 0.6) is 5.75 Å². The molecule has 0 aliphatic rings. The van der Waals surface area contributed by atoms with E-state index in [1.54, 1.807) is 12.1 Å². The number of alkyl halides is 3. The number of nitrogens with two attached hydrogens (primary N) is 1. The lowest BCUT2D eigenvalue weighted by Crippen LogP contribution is -2.28. The smallest absolute Gasteiger partial charge is 0.421 e. The molecule has 0 atom stereocenters. The van der Waals surface area contributed by atoms with Crippen LogP contribution in [0.2, 0.25) is 5.02 Å². The van der Waals surface area contributed by atoms with Gasteiger partial charge in [-0.25, -0.2) is 4.98 Å². The molecule has 0 saturated heterocycles. The van der Waals surface area contributed by atoms with Crippen LogP contribution in [0.15, 0.2) is 78.4 Å². The van der Waals surface area contributed by atoms with E-state index in [2.05, 4.69) is 11.6 Å². The summed E-state index contributed by atoms with van der Waals surface area (Å²) in [6.07, 6.45) is -2.07. The molecule has 11 heteroatoms. The molecule has 0 radical (unpaired) electrons. The maximum Gasteiger partial charge on any atom is 0.421 e. The average molecular weight is 580 g/mol. The number of ether oxygens (including phenoxy) is 1. The Kier molecular flexibility index (Phi) is 7.35. The molecule has 0 spiro atoms. The molecule has 4 aromatic heterocycles. The van der Waals surface area contributed by atoms with Gasteiger partial charge in [0.25, 0.3) is 5.56 Å². The van der Waals surface area contributed by atoms with Gasteiger partial charge in [0.05, 0.1) is 23.0 Å². The van der Waals surface area contributed by atoms with Gasteiger partial charge in [0, 0.05) is 53.0 Å². The summed E-state index contributed by atoms with van der Waals surface area (Å²) in [5, 5.41) is 1.15. The summed E-state index contributed by atoms with van der Waals surface area (Å²) in [5.74, 6) is 0.479. The summed E-state index contributed by atoms with van der Waals surface area (Å²) in [5.41, 5.74) is 8.75. The van der Waals surface area contributed by atoms with Gasteiger partial charge in [-0.05, 0) is 49.4 Å². The molecule has 0 aliphatic carbocycles. The quantitative estimate of drug-likeness (QED) is 0.243. The van der Waals surface area contributed by atoms with Crippen LogP contribution >= 0.6 is 11.6 Å². The highest BCUT2D eigenvalue weighted by Crippen LogP contribution is 2.35.